The molecule has 1 N–H and O–H groups in total. The number of hydrogen-bond acceptors (Lipinski definition) is 3. The summed E-state index contributed by atoms with van der Waals surface area (Å²) in [5, 5.41) is 18.8. The lowest BCUT2D eigenvalue weighted by molar-refractivity contribution is -0.137. The Hall–Kier alpha value is -0.690. The molecule has 0 aromatic rings. The van der Waals surface area contributed by atoms with E-state index < -0.39 is 5.97 Å². The Morgan fingerprint density at radius 2 is 2.42 bits per heavy atom. The molecule has 1 unspecified atom stereocenters. The summed E-state index contributed by atoms with van der Waals surface area (Å²) in [6, 6.07) is 0. The van der Waals surface area contributed by atoms with Crippen LogP contribution in [0.1, 0.15) is 32.6 Å². The highest BCUT2D eigenvalue weighted by Crippen LogP contribution is 2.19. The van der Waals surface area contributed by atoms with Gasteiger partial charge in [-0.25, -0.2) is 0 Å². The summed E-state index contributed by atoms with van der Waals surface area (Å²) in [6.45, 7) is 2.05. The summed E-state index contributed by atoms with van der Waals surface area (Å²) in [5.74, 6) is -0.821. The monoisotopic (exact) mass is 187 g/mol. The summed E-state index contributed by atoms with van der Waals surface area (Å²) < 4.78 is 0. The van der Waals surface area contributed by atoms with Gasteiger partial charge < -0.3 is 5.11 Å². The van der Waals surface area contributed by atoms with E-state index in [1.807, 2.05) is 5.40 Å². The topological polar surface area (TPSA) is 61.1 Å². The van der Waals surface area contributed by atoms with Gasteiger partial charge in [-0.15, -0.1) is 0 Å². The molecule has 0 aromatic heterocycles. The second-order valence-electron chi connectivity index (χ2n) is 2.57. The molecule has 0 aliphatic carbocycles. The maximum absolute atomic E-state index is 10.3. The molecule has 0 spiro atoms. The number of unbranched alkanes of at least 4 members (excludes halogenated alkanes) is 1. The first-order valence-electron chi connectivity index (χ1n) is 3.97. The van der Waals surface area contributed by atoms with Crippen molar-refractivity contribution in [3.8, 4) is 5.40 Å². The van der Waals surface area contributed by atoms with Crippen LogP contribution in [-0.4, -0.2) is 16.3 Å². The summed E-state index contributed by atoms with van der Waals surface area (Å²) >= 11 is 1.07. The average Bonchev–Trinajstić information content (AvgIpc) is 2.00. The first-order valence-corrected chi connectivity index (χ1v) is 4.85. The van der Waals surface area contributed by atoms with E-state index in [-0.39, 0.29) is 11.7 Å². The maximum atomic E-state index is 10.3. The van der Waals surface area contributed by atoms with Crippen molar-refractivity contribution in [2.24, 2.45) is 0 Å². The molecule has 0 radical (unpaired) electrons. The first kappa shape index (κ1) is 11.3. The van der Waals surface area contributed by atoms with Crippen molar-refractivity contribution in [1.29, 1.82) is 5.26 Å². The molecule has 0 aromatic carbocycles. The molecule has 0 rings (SSSR count). The molecule has 0 heterocycles. The van der Waals surface area contributed by atoms with Crippen molar-refractivity contribution in [2.45, 2.75) is 37.9 Å². The molecular weight excluding hydrogens is 174 g/mol. The van der Waals surface area contributed by atoms with Crippen LogP contribution < -0.4 is 0 Å². The predicted octanol–water partition coefficient (Wildman–Crippen LogP) is 2.23. The Morgan fingerprint density at radius 1 is 1.75 bits per heavy atom. The molecule has 0 aliphatic rings. The van der Waals surface area contributed by atoms with E-state index >= 15 is 0 Å². The van der Waals surface area contributed by atoms with Gasteiger partial charge in [-0.05, 0) is 18.2 Å². The van der Waals surface area contributed by atoms with Crippen molar-refractivity contribution in [3.05, 3.63) is 0 Å². The van der Waals surface area contributed by atoms with Gasteiger partial charge in [0.15, 0.2) is 0 Å². The highest BCUT2D eigenvalue weighted by Gasteiger charge is 2.12. The van der Waals surface area contributed by atoms with Crippen LogP contribution in [0, 0.1) is 10.7 Å². The van der Waals surface area contributed by atoms with E-state index in [1.54, 1.807) is 0 Å². The van der Waals surface area contributed by atoms with Gasteiger partial charge in [-0.3, -0.25) is 4.79 Å². The lowest BCUT2D eigenvalue weighted by Crippen LogP contribution is -2.09. The quantitative estimate of drug-likeness (QED) is 0.648. The fourth-order valence-corrected chi connectivity index (χ4v) is 1.56. The van der Waals surface area contributed by atoms with Crippen LogP contribution in [0.2, 0.25) is 0 Å². The Labute approximate surface area is 76.8 Å². The Balaban J connectivity index is 3.71. The minimum absolute atomic E-state index is 0.0348. The average molecular weight is 187 g/mol. The van der Waals surface area contributed by atoms with Crippen molar-refractivity contribution in [3.63, 3.8) is 0 Å². The van der Waals surface area contributed by atoms with Crippen LogP contribution in [0.5, 0.6) is 0 Å². The number of hydrogen-bond donors (Lipinski definition) is 1. The SMILES string of the molecule is CCCCC(CC(=O)O)SC#N. The van der Waals surface area contributed by atoms with E-state index in [0.717, 1.165) is 31.0 Å². The van der Waals surface area contributed by atoms with E-state index in [0.29, 0.717) is 0 Å². The summed E-state index contributed by atoms with van der Waals surface area (Å²) in [4.78, 5) is 10.3. The molecule has 0 amide bonds. The number of carboxylic acids is 1. The van der Waals surface area contributed by atoms with Crippen molar-refractivity contribution in [2.75, 3.05) is 0 Å². The smallest absolute Gasteiger partial charge is 0.304 e. The van der Waals surface area contributed by atoms with Crippen LogP contribution in [-0.2, 0) is 4.79 Å². The number of thiocyanates is 1. The second kappa shape index (κ2) is 6.99. The molecule has 12 heavy (non-hydrogen) atoms. The predicted molar refractivity (Wildman–Crippen MR) is 48.8 cm³/mol. The van der Waals surface area contributed by atoms with E-state index in [2.05, 4.69) is 6.92 Å². The van der Waals surface area contributed by atoms with Gasteiger partial charge in [0, 0.05) is 5.25 Å². The minimum Gasteiger partial charge on any atom is -0.481 e. The van der Waals surface area contributed by atoms with Crippen molar-refractivity contribution >= 4 is 17.7 Å². The summed E-state index contributed by atoms with van der Waals surface area (Å²) in [6.07, 6.45) is 2.95. The fourth-order valence-electron chi connectivity index (χ4n) is 0.904. The molecule has 0 fully saturated rings. The molecule has 0 bridgehead atoms. The van der Waals surface area contributed by atoms with Gasteiger partial charge in [0.25, 0.3) is 0 Å². The zero-order valence-electron chi connectivity index (χ0n) is 7.12. The van der Waals surface area contributed by atoms with Gasteiger partial charge in [0.1, 0.15) is 5.40 Å². The Morgan fingerprint density at radius 3 is 2.83 bits per heavy atom. The van der Waals surface area contributed by atoms with Gasteiger partial charge in [0.2, 0.25) is 0 Å². The van der Waals surface area contributed by atoms with E-state index in [1.165, 1.54) is 0 Å². The summed E-state index contributed by atoms with van der Waals surface area (Å²) in [7, 11) is 0. The summed E-state index contributed by atoms with van der Waals surface area (Å²) in [5.41, 5.74) is 0. The number of nitriles is 1. The standard InChI is InChI=1S/C8H13NO2S/c1-2-3-4-7(12-6-9)5-8(10)11/h7H,2-5H2,1H3,(H,10,11). The molecule has 3 nitrogen and oxygen atoms in total. The number of rotatable bonds is 6. The zero-order chi connectivity index (χ0) is 9.40. The Bertz CT molecular complexity index is 176. The van der Waals surface area contributed by atoms with Crippen molar-refractivity contribution < 1.29 is 9.90 Å². The molecule has 0 saturated carbocycles. The third-order valence-electron chi connectivity index (χ3n) is 1.50. The molecular formula is C8H13NO2S. The van der Waals surface area contributed by atoms with Crippen molar-refractivity contribution in [1.82, 2.24) is 0 Å². The number of aliphatic carboxylic acids is 1. The van der Waals surface area contributed by atoms with Gasteiger partial charge in [-0.1, -0.05) is 19.8 Å². The minimum atomic E-state index is -0.821. The highest BCUT2D eigenvalue weighted by atomic mass is 32.2. The maximum Gasteiger partial charge on any atom is 0.304 e. The molecule has 0 saturated heterocycles. The Kier molecular flexibility index (Phi) is 6.58. The number of thioether (sulfide) groups is 1. The lowest BCUT2D eigenvalue weighted by Gasteiger charge is -2.07. The zero-order valence-corrected chi connectivity index (χ0v) is 7.93. The van der Waals surface area contributed by atoms with E-state index in [9.17, 15) is 4.79 Å². The van der Waals surface area contributed by atoms with Gasteiger partial charge >= 0.3 is 5.97 Å². The van der Waals surface area contributed by atoms with Gasteiger partial charge in [-0.2, -0.15) is 5.26 Å². The normalized spacial score (nSPS) is 12.0. The first-order chi connectivity index (χ1) is 5.70. The van der Waals surface area contributed by atoms with E-state index in [4.69, 9.17) is 10.4 Å². The second-order valence-corrected chi connectivity index (χ2v) is 3.66. The third kappa shape index (κ3) is 6.05. The molecule has 1 atom stereocenters. The number of carbonyl (C=O) groups is 1. The third-order valence-corrected chi connectivity index (χ3v) is 2.34. The number of carboxylic acid groups (broad SMARTS) is 1. The van der Waals surface area contributed by atoms with Crippen LogP contribution in [0.25, 0.3) is 0 Å². The van der Waals surface area contributed by atoms with Crippen LogP contribution >= 0.6 is 11.8 Å². The molecule has 4 heteroatoms. The van der Waals surface area contributed by atoms with Crippen LogP contribution in [0.3, 0.4) is 0 Å². The van der Waals surface area contributed by atoms with Gasteiger partial charge in [0.05, 0.1) is 6.42 Å². The number of nitrogens with zero attached hydrogens (tertiary/aromatic N) is 1. The van der Waals surface area contributed by atoms with Crippen LogP contribution in [0.4, 0.5) is 0 Å². The fraction of sp³-hybridized carbons (Fsp3) is 0.750. The molecule has 68 valence electrons. The molecule has 0 aliphatic heterocycles. The van der Waals surface area contributed by atoms with Crippen LogP contribution in [0.15, 0.2) is 0 Å². The highest BCUT2D eigenvalue weighted by molar-refractivity contribution is 8.04. The lowest BCUT2D eigenvalue weighted by atomic mass is 10.1. The largest absolute Gasteiger partial charge is 0.481 e.